The van der Waals surface area contributed by atoms with Gasteiger partial charge in [-0.3, -0.25) is 4.79 Å². The summed E-state index contributed by atoms with van der Waals surface area (Å²) in [5.41, 5.74) is 8.60. The minimum Gasteiger partial charge on any atom is -0.465 e. The molecule has 1 unspecified atom stereocenters. The molecule has 33 heavy (non-hydrogen) atoms. The van der Waals surface area contributed by atoms with Gasteiger partial charge in [0.1, 0.15) is 11.3 Å². The summed E-state index contributed by atoms with van der Waals surface area (Å²) in [5.74, 6) is 0.209. The van der Waals surface area contributed by atoms with Crippen molar-refractivity contribution in [1.29, 1.82) is 0 Å². The van der Waals surface area contributed by atoms with Crippen LogP contribution in [0.5, 0.6) is 17.2 Å². The Bertz CT molecular complexity index is 1340. The van der Waals surface area contributed by atoms with E-state index >= 15 is 0 Å². The highest BCUT2D eigenvalue weighted by Crippen LogP contribution is 2.41. The van der Waals surface area contributed by atoms with Gasteiger partial charge in [-0.25, -0.2) is 4.79 Å². The lowest BCUT2D eigenvalue weighted by Gasteiger charge is -2.29. The molecular formula is C25H22N2O6. The van der Waals surface area contributed by atoms with Gasteiger partial charge in [0.2, 0.25) is 12.7 Å². The third-order valence-corrected chi connectivity index (χ3v) is 5.89. The summed E-state index contributed by atoms with van der Waals surface area (Å²) in [6.07, 6.45) is 0. The Morgan fingerprint density at radius 3 is 2.61 bits per heavy atom. The maximum absolute atomic E-state index is 13.8. The Kier molecular flexibility index (Phi) is 5.05. The van der Waals surface area contributed by atoms with Gasteiger partial charge in [-0.15, -0.1) is 0 Å². The number of pyridine rings is 1. The van der Waals surface area contributed by atoms with Crippen molar-refractivity contribution in [1.82, 2.24) is 4.57 Å². The first kappa shape index (κ1) is 20.7. The van der Waals surface area contributed by atoms with Crippen LogP contribution in [-0.2, 0) is 16.1 Å². The van der Waals surface area contributed by atoms with Crippen LogP contribution in [0, 0.1) is 6.92 Å². The number of nitrogens with zero attached hydrogens (tertiary/aromatic N) is 1. The van der Waals surface area contributed by atoms with Crippen LogP contribution in [0.1, 0.15) is 28.3 Å². The zero-order valence-electron chi connectivity index (χ0n) is 18.2. The van der Waals surface area contributed by atoms with Gasteiger partial charge in [0, 0.05) is 11.8 Å². The van der Waals surface area contributed by atoms with E-state index in [1.807, 2.05) is 55.5 Å². The highest BCUT2D eigenvalue weighted by Gasteiger charge is 2.38. The molecule has 0 saturated carbocycles. The van der Waals surface area contributed by atoms with Crippen LogP contribution < -0.4 is 25.5 Å². The monoisotopic (exact) mass is 446 g/mol. The number of ether oxygens (including phenoxy) is 4. The minimum atomic E-state index is -0.724. The molecule has 2 aliphatic heterocycles. The maximum atomic E-state index is 13.8. The second-order valence-corrected chi connectivity index (χ2v) is 7.86. The number of nitrogens with two attached hydrogens (primary N) is 1. The van der Waals surface area contributed by atoms with Crippen LogP contribution in [0.3, 0.4) is 0 Å². The van der Waals surface area contributed by atoms with Crippen molar-refractivity contribution >= 4 is 5.97 Å². The summed E-state index contributed by atoms with van der Waals surface area (Å²) in [4.78, 5) is 26.5. The van der Waals surface area contributed by atoms with Crippen molar-refractivity contribution in [2.75, 3.05) is 13.9 Å². The van der Waals surface area contributed by atoms with Gasteiger partial charge in [0.05, 0.1) is 25.1 Å². The van der Waals surface area contributed by atoms with Crippen LogP contribution in [0.25, 0.3) is 0 Å². The fraction of sp³-hybridized carbons (Fsp3) is 0.200. The summed E-state index contributed by atoms with van der Waals surface area (Å²) in [6.45, 7) is 2.31. The van der Waals surface area contributed by atoms with Gasteiger partial charge in [-0.1, -0.05) is 36.4 Å². The molecule has 0 aliphatic carbocycles. The topological polar surface area (TPSA) is 102 Å². The number of fused-ring (bicyclic) bond motifs is 2. The molecule has 0 spiro atoms. The number of hydrogen-bond donors (Lipinski definition) is 1. The highest BCUT2D eigenvalue weighted by molar-refractivity contribution is 5.92. The lowest BCUT2D eigenvalue weighted by Crippen LogP contribution is -2.35. The van der Waals surface area contributed by atoms with Gasteiger partial charge in [0.15, 0.2) is 11.5 Å². The molecule has 0 fully saturated rings. The van der Waals surface area contributed by atoms with E-state index < -0.39 is 11.9 Å². The van der Waals surface area contributed by atoms with E-state index in [1.165, 1.54) is 7.11 Å². The molecule has 2 N–H and O–H groups in total. The van der Waals surface area contributed by atoms with Gasteiger partial charge in [0.25, 0.3) is 5.56 Å². The van der Waals surface area contributed by atoms with Crippen LogP contribution in [0.2, 0.25) is 0 Å². The summed E-state index contributed by atoms with van der Waals surface area (Å²) in [5, 5.41) is 0. The van der Waals surface area contributed by atoms with E-state index in [-0.39, 0.29) is 23.8 Å². The fourth-order valence-corrected chi connectivity index (χ4v) is 4.29. The average molecular weight is 446 g/mol. The average Bonchev–Trinajstić information content (AvgIpc) is 3.29. The van der Waals surface area contributed by atoms with Crippen LogP contribution >= 0.6 is 0 Å². The molecule has 8 nitrogen and oxygen atoms in total. The van der Waals surface area contributed by atoms with Crippen molar-refractivity contribution in [3.8, 4) is 17.2 Å². The van der Waals surface area contributed by atoms with Crippen LogP contribution in [0.4, 0.5) is 0 Å². The molecule has 0 amide bonds. The molecule has 168 valence electrons. The third-order valence-electron chi connectivity index (χ3n) is 5.89. The summed E-state index contributed by atoms with van der Waals surface area (Å²) in [7, 11) is 1.27. The Balaban J connectivity index is 1.66. The fourth-order valence-electron chi connectivity index (χ4n) is 4.29. The number of benzene rings is 2. The molecule has 1 atom stereocenters. The first-order chi connectivity index (χ1) is 16.0. The summed E-state index contributed by atoms with van der Waals surface area (Å²) in [6, 6.07) is 16.6. The predicted octanol–water partition coefficient (Wildman–Crippen LogP) is 2.80. The third kappa shape index (κ3) is 3.49. The van der Waals surface area contributed by atoms with Crippen molar-refractivity contribution < 1.29 is 23.7 Å². The number of hydrogen-bond acceptors (Lipinski definition) is 7. The number of esters is 1. The van der Waals surface area contributed by atoms with Gasteiger partial charge >= 0.3 is 5.97 Å². The molecule has 0 bridgehead atoms. The largest absolute Gasteiger partial charge is 0.465 e. The van der Waals surface area contributed by atoms with Crippen molar-refractivity contribution in [3.05, 3.63) is 98.8 Å². The van der Waals surface area contributed by atoms with Gasteiger partial charge < -0.3 is 29.2 Å². The quantitative estimate of drug-likeness (QED) is 0.615. The molecule has 1 aromatic heterocycles. The van der Waals surface area contributed by atoms with E-state index in [0.29, 0.717) is 35.1 Å². The Labute approximate surface area is 189 Å². The lowest BCUT2D eigenvalue weighted by atomic mass is 9.83. The van der Waals surface area contributed by atoms with E-state index in [4.69, 9.17) is 24.7 Å². The van der Waals surface area contributed by atoms with Crippen molar-refractivity contribution in [2.45, 2.75) is 19.4 Å². The summed E-state index contributed by atoms with van der Waals surface area (Å²) >= 11 is 0. The molecule has 3 aromatic rings. The number of carbonyl (C=O) groups is 1. The number of carbonyl (C=O) groups excluding carboxylic acids is 1. The second-order valence-electron chi connectivity index (χ2n) is 7.86. The molecule has 0 radical (unpaired) electrons. The highest BCUT2D eigenvalue weighted by atomic mass is 16.7. The number of aromatic nitrogens is 1. The first-order valence-electron chi connectivity index (χ1n) is 10.4. The van der Waals surface area contributed by atoms with Crippen molar-refractivity contribution in [3.63, 3.8) is 0 Å². The molecule has 0 saturated heterocycles. The number of rotatable bonds is 4. The van der Waals surface area contributed by atoms with Crippen LogP contribution in [0.15, 0.2) is 70.8 Å². The first-order valence-corrected chi connectivity index (χ1v) is 10.4. The van der Waals surface area contributed by atoms with E-state index in [9.17, 15) is 9.59 Å². The van der Waals surface area contributed by atoms with Crippen molar-refractivity contribution in [2.24, 2.45) is 5.73 Å². The van der Waals surface area contributed by atoms with E-state index in [2.05, 4.69) is 0 Å². The van der Waals surface area contributed by atoms with E-state index in [1.54, 1.807) is 10.6 Å². The standard InChI is InChI=1S/C25H22N2O6/c1-14-10-19-21(24(28)27(14)12-15-8-9-17-18(11-15)32-13-31-17)20(16-6-4-3-5-7-16)22(23(26)33-19)25(29)30-2/h3-11,20H,12-13,26H2,1-2H3. The SMILES string of the molecule is COC(=O)C1=C(N)Oc2cc(C)n(Cc3ccc4c(c3)OCO4)c(=O)c2C1c1ccccc1. The minimum absolute atomic E-state index is 0.0736. The molecular weight excluding hydrogens is 424 g/mol. The molecule has 2 aromatic carbocycles. The Hall–Kier alpha value is -4.20. The Morgan fingerprint density at radius 2 is 1.85 bits per heavy atom. The second kappa shape index (κ2) is 8.05. The normalized spacial score (nSPS) is 16.2. The van der Waals surface area contributed by atoms with Gasteiger partial charge in [-0.05, 0) is 30.2 Å². The summed E-state index contributed by atoms with van der Waals surface area (Å²) < 4.78 is 23.2. The van der Waals surface area contributed by atoms with E-state index in [0.717, 1.165) is 11.1 Å². The maximum Gasteiger partial charge on any atom is 0.340 e. The zero-order valence-corrected chi connectivity index (χ0v) is 18.2. The smallest absolute Gasteiger partial charge is 0.340 e. The van der Waals surface area contributed by atoms with Gasteiger partial charge in [-0.2, -0.15) is 0 Å². The number of aryl methyl sites for hydroxylation is 1. The molecule has 3 heterocycles. The molecule has 8 heteroatoms. The molecule has 5 rings (SSSR count). The Morgan fingerprint density at radius 1 is 1.09 bits per heavy atom. The molecule has 2 aliphatic rings. The zero-order chi connectivity index (χ0) is 23.1. The predicted molar refractivity (Wildman–Crippen MR) is 119 cm³/mol. The number of methoxy groups -OCH3 is 1. The lowest BCUT2D eigenvalue weighted by molar-refractivity contribution is -0.136. The van der Waals surface area contributed by atoms with Crippen LogP contribution in [-0.4, -0.2) is 24.4 Å².